The number of rotatable bonds is 4. The van der Waals surface area contributed by atoms with Gasteiger partial charge in [-0.05, 0) is 36.8 Å². The van der Waals surface area contributed by atoms with Gasteiger partial charge in [-0.2, -0.15) is 0 Å². The SMILES string of the molecule is COc1cccc(NC2(C(=O)O)CCCC2(C)C)c1. The zero-order valence-corrected chi connectivity index (χ0v) is 11.7. The average molecular weight is 263 g/mol. The van der Waals surface area contributed by atoms with Crippen molar-refractivity contribution >= 4 is 11.7 Å². The molecule has 4 heteroatoms. The second-order valence-electron chi connectivity index (χ2n) is 5.80. The summed E-state index contributed by atoms with van der Waals surface area (Å²) < 4.78 is 5.18. The summed E-state index contributed by atoms with van der Waals surface area (Å²) in [6.45, 7) is 4.03. The Hall–Kier alpha value is -1.71. The minimum absolute atomic E-state index is 0.276. The standard InChI is InChI=1S/C15H21NO3/c1-14(2)8-5-9-15(14,13(17)18)16-11-6-4-7-12(10-11)19-3/h4,6-7,10,16H,5,8-9H2,1-3H3,(H,17,18). The predicted octanol–water partition coefficient (Wildman–Crippen LogP) is 3.14. The van der Waals surface area contributed by atoms with Gasteiger partial charge in [0.1, 0.15) is 11.3 Å². The summed E-state index contributed by atoms with van der Waals surface area (Å²) in [6, 6.07) is 7.41. The van der Waals surface area contributed by atoms with Crippen LogP contribution in [0.25, 0.3) is 0 Å². The van der Waals surface area contributed by atoms with Crippen LogP contribution in [0, 0.1) is 5.41 Å². The minimum atomic E-state index is -0.903. The summed E-state index contributed by atoms with van der Waals surface area (Å²) in [5.41, 5.74) is -0.391. The van der Waals surface area contributed by atoms with Crippen molar-refractivity contribution < 1.29 is 14.6 Å². The van der Waals surface area contributed by atoms with E-state index >= 15 is 0 Å². The molecule has 0 bridgehead atoms. The Bertz CT molecular complexity index is 484. The van der Waals surface area contributed by atoms with E-state index in [4.69, 9.17) is 4.74 Å². The molecule has 0 amide bonds. The maximum Gasteiger partial charge on any atom is 0.329 e. The van der Waals surface area contributed by atoms with E-state index in [0.29, 0.717) is 6.42 Å². The largest absolute Gasteiger partial charge is 0.497 e. The Morgan fingerprint density at radius 1 is 1.37 bits per heavy atom. The van der Waals surface area contributed by atoms with E-state index in [-0.39, 0.29) is 5.41 Å². The molecular formula is C15H21NO3. The van der Waals surface area contributed by atoms with Crippen LogP contribution in [0.4, 0.5) is 5.69 Å². The molecule has 1 saturated carbocycles. The second kappa shape index (κ2) is 4.76. The number of benzene rings is 1. The molecule has 0 aliphatic heterocycles. The monoisotopic (exact) mass is 263 g/mol. The Morgan fingerprint density at radius 3 is 2.63 bits per heavy atom. The fourth-order valence-corrected chi connectivity index (χ4v) is 2.98. The molecule has 1 fully saturated rings. The predicted molar refractivity (Wildman–Crippen MR) is 74.6 cm³/mol. The highest BCUT2D eigenvalue weighted by Crippen LogP contribution is 2.48. The molecule has 2 rings (SSSR count). The third kappa shape index (κ3) is 2.27. The molecule has 2 N–H and O–H groups in total. The van der Waals surface area contributed by atoms with E-state index < -0.39 is 11.5 Å². The number of carboxylic acid groups (broad SMARTS) is 1. The van der Waals surface area contributed by atoms with Crippen molar-refractivity contribution in [1.29, 1.82) is 0 Å². The maximum atomic E-state index is 11.8. The lowest BCUT2D eigenvalue weighted by molar-refractivity contribution is -0.145. The first-order valence-electron chi connectivity index (χ1n) is 6.57. The van der Waals surface area contributed by atoms with Gasteiger partial charge in [0.15, 0.2) is 0 Å². The quantitative estimate of drug-likeness (QED) is 0.876. The third-order valence-corrected chi connectivity index (χ3v) is 4.30. The van der Waals surface area contributed by atoms with Crippen LogP contribution in [0.5, 0.6) is 5.75 Å². The molecule has 1 aliphatic carbocycles. The zero-order valence-electron chi connectivity index (χ0n) is 11.7. The van der Waals surface area contributed by atoms with Crippen LogP contribution >= 0.6 is 0 Å². The van der Waals surface area contributed by atoms with Crippen molar-refractivity contribution in [1.82, 2.24) is 0 Å². The summed E-state index contributed by atoms with van der Waals surface area (Å²) in [5.74, 6) is -0.0563. The number of ether oxygens (including phenoxy) is 1. The van der Waals surface area contributed by atoms with Gasteiger partial charge in [0.2, 0.25) is 0 Å². The van der Waals surface area contributed by atoms with Gasteiger partial charge in [0, 0.05) is 11.8 Å². The first-order valence-corrected chi connectivity index (χ1v) is 6.57. The normalized spacial score (nSPS) is 25.0. The third-order valence-electron chi connectivity index (χ3n) is 4.30. The lowest BCUT2D eigenvalue weighted by Crippen LogP contribution is -2.53. The van der Waals surface area contributed by atoms with Crippen molar-refractivity contribution in [2.45, 2.75) is 38.6 Å². The molecule has 1 unspecified atom stereocenters. The fraction of sp³-hybridized carbons (Fsp3) is 0.533. The van der Waals surface area contributed by atoms with Crippen molar-refractivity contribution in [3.05, 3.63) is 24.3 Å². The van der Waals surface area contributed by atoms with E-state index in [0.717, 1.165) is 24.3 Å². The highest BCUT2D eigenvalue weighted by Gasteiger charge is 2.54. The molecule has 0 radical (unpaired) electrons. The van der Waals surface area contributed by atoms with E-state index in [9.17, 15) is 9.90 Å². The average Bonchev–Trinajstić information content (AvgIpc) is 2.66. The van der Waals surface area contributed by atoms with Crippen LogP contribution in [-0.2, 0) is 4.79 Å². The molecule has 0 saturated heterocycles. The highest BCUT2D eigenvalue weighted by molar-refractivity contribution is 5.84. The van der Waals surface area contributed by atoms with Gasteiger partial charge in [0.25, 0.3) is 0 Å². The van der Waals surface area contributed by atoms with Gasteiger partial charge in [-0.3, -0.25) is 0 Å². The lowest BCUT2D eigenvalue weighted by atomic mass is 9.74. The second-order valence-corrected chi connectivity index (χ2v) is 5.80. The smallest absolute Gasteiger partial charge is 0.329 e. The number of carboxylic acids is 1. The van der Waals surface area contributed by atoms with E-state index in [1.807, 2.05) is 38.1 Å². The lowest BCUT2D eigenvalue weighted by Gasteiger charge is -2.39. The summed E-state index contributed by atoms with van der Waals surface area (Å²) in [5, 5.41) is 12.9. The van der Waals surface area contributed by atoms with E-state index in [1.54, 1.807) is 7.11 Å². The Labute approximate surface area is 113 Å². The van der Waals surface area contributed by atoms with Crippen molar-refractivity contribution in [3.63, 3.8) is 0 Å². The number of nitrogens with one attached hydrogen (secondary N) is 1. The molecule has 0 heterocycles. The van der Waals surface area contributed by atoms with Gasteiger partial charge < -0.3 is 15.2 Å². The highest BCUT2D eigenvalue weighted by atomic mass is 16.5. The zero-order chi connectivity index (χ0) is 14.1. The number of aliphatic carboxylic acids is 1. The Morgan fingerprint density at radius 2 is 2.11 bits per heavy atom. The first kappa shape index (κ1) is 13.7. The van der Waals surface area contributed by atoms with Crippen molar-refractivity contribution in [2.24, 2.45) is 5.41 Å². The molecule has 1 aliphatic rings. The van der Waals surface area contributed by atoms with Gasteiger partial charge in [0.05, 0.1) is 7.11 Å². The molecule has 19 heavy (non-hydrogen) atoms. The fourth-order valence-electron chi connectivity index (χ4n) is 2.98. The molecule has 0 spiro atoms. The topological polar surface area (TPSA) is 58.6 Å². The number of hydrogen-bond donors (Lipinski definition) is 2. The molecule has 1 atom stereocenters. The van der Waals surface area contributed by atoms with Crippen LogP contribution in [0.2, 0.25) is 0 Å². The first-order chi connectivity index (χ1) is 8.91. The van der Waals surface area contributed by atoms with Crippen molar-refractivity contribution in [2.75, 3.05) is 12.4 Å². The maximum absolute atomic E-state index is 11.8. The number of carbonyl (C=O) groups is 1. The molecule has 1 aromatic rings. The van der Waals surface area contributed by atoms with Crippen LogP contribution in [0.15, 0.2) is 24.3 Å². The molecular weight excluding hydrogens is 242 g/mol. The van der Waals surface area contributed by atoms with Gasteiger partial charge in [-0.1, -0.05) is 19.9 Å². The summed E-state index contributed by atoms with van der Waals surface area (Å²) >= 11 is 0. The molecule has 104 valence electrons. The van der Waals surface area contributed by atoms with Crippen LogP contribution in [0.1, 0.15) is 33.1 Å². The minimum Gasteiger partial charge on any atom is -0.497 e. The van der Waals surface area contributed by atoms with E-state index in [1.165, 1.54) is 0 Å². The molecule has 0 aromatic heterocycles. The Kier molecular flexibility index (Phi) is 3.43. The van der Waals surface area contributed by atoms with Gasteiger partial charge in [-0.25, -0.2) is 4.79 Å². The molecule has 1 aromatic carbocycles. The number of methoxy groups -OCH3 is 1. The summed E-state index contributed by atoms with van der Waals surface area (Å²) in [4.78, 5) is 11.8. The van der Waals surface area contributed by atoms with Crippen molar-refractivity contribution in [3.8, 4) is 5.75 Å². The van der Waals surface area contributed by atoms with Gasteiger partial charge in [-0.15, -0.1) is 0 Å². The van der Waals surface area contributed by atoms with E-state index in [2.05, 4.69) is 5.32 Å². The van der Waals surface area contributed by atoms with Crippen LogP contribution < -0.4 is 10.1 Å². The van der Waals surface area contributed by atoms with Crippen LogP contribution in [0.3, 0.4) is 0 Å². The summed E-state index contributed by atoms with van der Waals surface area (Å²) in [7, 11) is 1.60. The Balaban J connectivity index is 2.34. The number of hydrogen-bond acceptors (Lipinski definition) is 3. The summed E-state index contributed by atoms with van der Waals surface area (Å²) in [6.07, 6.45) is 2.49. The molecule has 4 nitrogen and oxygen atoms in total. The van der Waals surface area contributed by atoms with Crippen LogP contribution in [-0.4, -0.2) is 23.7 Å². The van der Waals surface area contributed by atoms with Gasteiger partial charge >= 0.3 is 5.97 Å². The number of anilines is 1.